The quantitative estimate of drug-likeness (QED) is 0.588. The highest BCUT2D eigenvalue weighted by Gasteiger charge is 2.33. The van der Waals surface area contributed by atoms with Gasteiger partial charge in [-0.1, -0.05) is 44.9 Å². The molecule has 2 rings (SSSR count). The summed E-state index contributed by atoms with van der Waals surface area (Å²) in [6, 6.07) is 0. The SMILES string of the molecule is ClCC(C1CCCC1)C1CCC1. The third kappa shape index (κ3) is 1.64. The van der Waals surface area contributed by atoms with Crippen LogP contribution in [0.3, 0.4) is 0 Å². The van der Waals surface area contributed by atoms with Gasteiger partial charge < -0.3 is 0 Å². The summed E-state index contributed by atoms with van der Waals surface area (Å²) in [7, 11) is 0. The van der Waals surface area contributed by atoms with Gasteiger partial charge >= 0.3 is 0 Å². The molecule has 0 bridgehead atoms. The van der Waals surface area contributed by atoms with Crippen molar-refractivity contribution in [3.05, 3.63) is 0 Å². The normalized spacial score (nSPS) is 28.8. The molecule has 0 N–H and O–H groups in total. The van der Waals surface area contributed by atoms with Gasteiger partial charge in [-0.3, -0.25) is 0 Å². The molecule has 2 aliphatic rings. The molecule has 12 heavy (non-hydrogen) atoms. The molecular weight excluding hydrogens is 168 g/mol. The summed E-state index contributed by atoms with van der Waals surface area (Å²) in [4.78, 5) is 0. The van der Waals surface area contributed by atoms with Gasteiger partial charge in [-0.25, -0.2) is 0 Å². The molecule has 70 valence electrons. The van der Waals surface area contributed by atoms with Gasteiger partial charge in [0, 0.05) is 5.88 Å². The van der Waals surface area contributed by atoms with Crippen LogP contribution in [0.2, 0.25) is 0 Å². The predicted octanol–water partition coefficient (Wildman–Crippen LogP) is 3.83. The van der Waals surface area contributed by atoms with Crippen LogP contribution >= 0.6 is 11.6 Å². The van der Waals surface area contributed by atoms with Crippen LogP contribution in [0.15, 0.2) is 0 Å². The molecule has 1 atom stereocenters. The lowest BCUT2D eigenvalue weighted by atomic mass is 9.71. The monoisotopic (exact) mass is 186 g/mol. The molecule has 0 heterocycles. The van der Waals surface area contributed by atoms with Crippen LogP contribution in [0.1, 0.15) is 44.9 Å². The minimum absolute atomic E-state index is 0.878. The van der Waals surface area contributed by atoms with E-state index in [1.807, 2.05) is 0 Å². The Kier molecular flexibility index (Phi) is 2.96. The topological polar surface area (TPSA) is 0 Å². The van der Waals surface area contributed by atoms with Crippen LogP contribution in [0.25, 0.3) is 0 Å². The molecule has 2 fully saturated rings. The second-order valence-electron chi connectivity index (χ2n) is 4.55. The van der Waals surface area contributed by atoms with E-state index < -0.39 is 0 Å². The van der Waals surface area contributed by atoms with E-state index in [1.165, 1.54) is 44.9 Å². The van der Waals surface area contributed by atoms with E-state index in [9.17, 15) is 0 Å². The third-order valence-corrected chi connectivity index (χ3v) is 4.30. The lowest BCUT2D eigenvalue weighted by molar-refractivity contribution is 0.164. The zero-order valence-corrected chi connectivity index (χ0v) is 8.52. The summed E-state index contributed by atoms with van der Waals surface area (Å²) in [6.07, 6.45) is 10.3. The zero-order valence-electron chi connectivity index (χ0n) is 7.77. The molecule has 0 aromatic rings. The van der Waals surface area contributed by atoms with Crippen molar-refractivity contribution >= 4 is 11.6 Å². The zero-order chi connectivity index (χ0) is 8.39. The highest BCUT2D eigenvalue weighted by atomic mass is 35.5. The standard InChI is InChI=1S/C11H19Cl/c12-8-11(10-6-3-7-10)9-4-1-2-5-9/h9-11H,1-8H2. The first-order chi connectivity index (χ1) is 5.92. The first kappa shape index (κ1) is 8.87. The Morgan fingerprint density at radius 1 is 0.917 bits per heavy atom. The Hall–Kier alpha value is 0.290. The van der Waals surface area contributed by atoms with Gasteiger partial charge in [0.1, 0.15) is 0 Å². The Labute approximate surface area is 80.7 Å². The first-order valence-corrected chi connectivity index (χ1v) is 6.01. The maximum Gasteiger partial charge on any atom is 0.0257 e. The van der Waals surface area contributed by atoms with Crippen LogP contribution in [-0.4, -0.2) is 5.88 Å². The van der Waals surface area contributed by atoms with Gasteiger partial charge in [0.05, 0.1) is 0 Å². The van der Waals surface area contributed by atoms with Gasteiger partial charge in [-0.05, 0) is 17.8 Å². The second kappa shape index (κ2) is 4.00. The highest BCUT2D eigenvalue weighted by molar-refractivity contribution is 6.18. The molecule has 1 unspecified atom stereocenters. The predicted molar refractivity (Wildman–Crippen MR) is 53.5 cm³/mol. The summed E-state index contributed by atoms with van der Waals surface area (Å²) in [6.45, 7) is 0. The Morgan fingerprint density at radius 2 is 1.42 bits per heavy atom. The molecule has 0 saturated heterocycles. The van der Waals surface area contributed by atoms with Crippen LogP contribution in [0.4, 0.5) is 0 Å². The van der Waals surface area contributed by atoms with Crippen molar-refractivity contribution in [1.29, 1.82) is 0 Å². The van der Waals surface area contributed by atoms with Crippen LogP contribution in [0, 0.1) is 17.8 Å². The fraction of sp³-hybridized carbons (Fsp3) is 1.00. The smallest absolute Gasteiger partial charge is 0.0257 e. The minimum Gasteiger partial charge on any atom is -0.126 e. The molecule has 0 amide bonds. The van der Waals surface area contributed by atoms with Crippen molar-refractivity contribution in [3.8, 4) is 0 Å². The molecule has 0 aromatic carbocycles. The van der Waals surface area contributed by atoms with E-state index in [0.717, 1.165) is 23.6 Å². The molecule has 2 aliphatic carbocycles. The fourth-order valence-corrected chi connectivity index (χ4v) is 3.39. The third-order valence-electron chi connectivity index (χ3n) is 3.94. The van der Waals surface area contributed by atoms with Crippen LogP contribution < -0.4 is 0 Å². The van der Waals surface area contributed by atoms with Gasteiger partial charge in [-0.15, -0.1) is 11.6 Å². The summed E-state index contributed by atoms with van der Waals surface area (Å²) in [5.41, 5.74) is 0. The summed E-state index contributed by atoms with van der Waals surface area (Å²) in [5.74, 6) is 3.80. The van der Waals surface area contributed by atoms with E-state index in [1.54, 1.807) is 0 Å². The maximum absolute atomic E-state index is 6.06. The van der Waals surface area contributed by atoms with Gasteiger partial charge in [0.15, 0.2) is 0 Å². The molecule has 2 saturated carbocycles. The van der Waals surface area contributed by atoms with Gasteiger partial charge in [-0.2, -0.15) is 0 Å². The molecular formula is C11H19Cl. The summed E-state index contributed by atoms with van der Waals surface area (Å²) >= 11 is 6.06. The van der Waals surface area contributed by atoms with Crippen molar-refractivity contribution in [2.75, 3.05) is 5.88 Å². The average molecular weight is 187 g/mol. The molecule has 0 nitrogen and oxygen atoms in total. The Morgan fingerprint density at radius 3 is 1.75 bits per heavy atom. The van der Waals surface area contributed by atoms with Crippen molar-refractivity contribution in [1.82, 2.24) is 0 Å². The minimum atomic E-state index is 0.878. The lowest BCUT2D eigenvalue weighted by Crippen LogP contribution is -2.28. The van der Waals surface area contributed by atoms with Crippen molar-refractivity contribution in [2.24, 2.45) is 17.8 Å². The van der Waals surface area contributed by atoms with E-state index in [-0.39, 0.29) is 0 Å². The Bertz CT molecular complexity index is 134. The second-order valence-corrected chi connectivity index (χ2v) is 4.86. The highest BCUT2D eigenvalue weighted by Crippen LogP contribution is 2.43. The summed E-state index contributed by atoms with van der Waals surface area (Å²) in [5, 5.41) is 0. The van der Waals surface area contributed by atoms with Crippen molar-refractivity contribution in [2.45, 2.75) is 44.9 Å². The lowest BCUT2D eigenvalue weighted by Gasteiger charge is -2.36. The van der Waals surface area contributed by atoms with E-state index in [2.05, 4.69) is 0 Å². The van der Waals surface area contributed by atoms with Crippen LogP contribution in [-0.2, 0) is 0 Å². The van der Waals surface area contributed by atoms with E-state index in [0.29, 0.717) is 0 Å². The maximum atomic E-state index is 6.06. The number of halogens is 1. The average Bonchev–Trinajstić information content (AvgIpc) is 2.47. The number of alkyl halides is 1. The fourth-order valence-electron chi connectivity index (χ4n) is 2.89. The molecule has 0 aromatic heterocycles. The summed E-state index contributed by atoms with van der Waals surface area (Å²) < 4.78 is 0. The van der Waals surface area contributed by atoms with Crippen molar-refractivity contribution in [3.63, 3.8) is 0 Å². The Balaban J connectivity index is 1.87. The number of rotatable bonds is 3. The molecule has 0 aliphatic heterocycles. The van der Waals surface area contributed by atoms with Gasteiger partial charge in [0.25, 0.3) is 0 Å². The number of hydrogen-bond acceptors (Lipinski definition) is 0. The largest absolute Gasteiger partial charge is 0.126 e. The van der Waals surface area contributed by atoms with Gasteiger partial charge in [0.2, 0.25) is 0 Å². The van der Waals surface area contributed by atoms with Crippen molar-refractivity contribution < 1.29 is 0 Å². The van der Waals surface area contributed by atoms with E-state index >= 15 is 0 Å². The van der Waals surface area contributed by atoms with E-state index in [4.69, 9.17) is 11.6 Å². The molecule has 1 heteroatoms. The first-order valence-electron chi connectivity index (χ1n) is 5.48. The molecule has 0 spiro atoms. The number of hydrogen-bond donors (Lipinski definition) is 0. The molecule has 0 radical (unpaired) electrons. The van der Waals surface area contributed by atoms with Crippen LogP contribution in [0.5, 0.6) is 0 Å².